The number of amides is 1. The Morgan fingerprint density at radius 1 is 1.45 bits per heavy atom. The first-order valence-corrected chi connectivity index (χ1v) is 8.21. The van der Waals surface area contributed by atoms with Gasteiger partial charge in [0.25, 0.3) is 5.91 Å². The minimum Gasteiger partial charge on any atom is -0.507 e. The minimum absolute atomic E-state index is 0.0989. The molecule has 1 aromatic carbocycles. The molecule has 20 heavy (non-hydrogen) atoms. The maximum atomic E-state index is 12.2. The Kier molecular flexibility index (Phi) is 3.89. The van der Waals surface area contributed by atoms with Gasteiger partial charge in [0.05, 0.1) is 11.8 Å². The molecule has 0 heterocycles. The fraction of sp³-hybridized carbons (Fsp3) is 0.462. The average molecular weight is 298 g/mol. The standard InChI is InChI=1S/C13H18N2O4S/c1-15(8-9-3-4-9)13(17)11-7-10(5-6-12(11)16)14-20(2,18)19/h5-7,9,14,16H,3-4,8H2,1-2H3. The predicted octanol–water partition coefficient (Wildman–Crippen LogP) is 1.25. The number of nitrogens with zero attached hydrogens (tertiary/aromatic N) is 1. The number of anilines is 1. The van der Waals surface area contributed by atoms with E-state index in [4.69, 9.17) is 0 Å². The van der Waals surface area contributed by atoms with E-state index in [1.54, 1.807) is 11.9 Å². The maximum Gasteiger partial charge on any atom is 0.257 e. The lowest BCUT2D eigenvalue weighted by molar-refractivity contribution is 0.0785. The van der Waals surface area contributed by atoms with Crippen molar-refractivity contribution in [1.82, 2.24) is 4.90 Å². The number of hydrogen-bond acceptors (Lipinski definition) is 4. The average Bonchev–Trinajstić information content (AvgIpc) is 3.12. The Bertz CT molecular complexity index is 623. The zero-order valence-corrected chi connectivity index (χ0v) is 12.3. The Balaban J connectivity index is 2.20. The summed E-state index contributed by atoms with van der Waals surface area (Å²) < 4.78 is 24.7. The lowest BCUT2D eigenvalue weighted by Gasteiger charge is -2.18. The van der Waals surface area contributed by atoms with Gasteiger partial charge >= 0.3 is 0 Å². The van der Waals surface area contributed by atoms with Gasteiger partial charge in [0.1, 0.15) is 5.75 Å². The predicted molar refractivity (Wildman–Crippen MR) is 76.3 cm³/mol. The number of phenolic OH excluding ortho intramolecular Hbond substituents is 1. The molecule has 6 nitrogen and oxygen atoms in total. The molecule has 2 N–H and O–H groups in total. The van der Waals surface area contributed by atoms with Crippen LogP contribution in [0.1, 0.15) is 23.2 Å². The van der Waals surface area contributed by atoms with Crippen molar-refractivity contribution >= 4 is 21.6 Å². The second-order valence-electron chi connectivity index (χ2n) is 5.24. The van der Waals surface area contributed by atoms with Gasteiger partial charge in [-0.1, -0.05) is 0 Å². The normalized spacial score (nSPS) is 14.9. The number of nitrogens with one attached hydrogen (secondary N) is 1. The molecular weight excluding hydrogens is 280 g/mol. The Labute approximate surface area is 118 Å². The van der Waals surface area contributed by atoms with Crippen LogP contribution in [0.2, 0.25) is 0 Å². The van der Waals surface area contributed by atoms with Crippen LogP contribution in [0.3, 0.4) is 0 Å². The quantitative estimate of drug-likeness (QED) is 0.801. The second-order valence-corrected chi connectivity index (χ2v) is 6.98. The van der Waals surface area contributed by atoms with Crippen molar-refractivity contribution < 1.29 is 18.3 Å². The molecule has 0 spiro atoms. The third-order valence-corrected chi connectivity index (χ3v) is 3.71. The molecule has 0 bridgehead atoms. The van der Waals surface area contributed by atoms with Crippen LogP contribution in [0.5, 0.6) is 5.75 Å². The smallest absolute Gasteiger partial charge is 0.257 e. The third-order valence-electron chi connectivity index (χ3n) is 3.11. The van der Waals surface area contributed by atoms with E-state index < -0.39 is 10.0 Å². The van der Waals surface area contributed by atoms with Gasteiger partial charge in [-0.15, -0.1) is 0 Å². The molecule has 1 amide bonds. The molecule has 2 rings (SSSR count). The first-order valence-electron chi connectivity index (χ1n) is 6.32. The van der Waals surface area contributed by atoms with Gasteiger partial charge in [-0.05, 0) is 37.0 Å². The van der Waals surface area contributed by atoms with E-state index in [1.165, 1.54) is 18.2 Å². The van der Waals surface area contributed by atoms with E-state index in [1.807, 2.05) is 0 Å². The molecule has 1 saturated carbocycles. The highest BCUT2D eigenvalue weighted by Crippen LogP contribution is 2.30. The number of carbonyl (C=O) groups is 1. The molecule has 1 aromatic rings. The summed E-state index contributed by atoms with van der Waals surface area (Å²) in [5.74, 6) is 0.0756. The van der Waals surface area contributed by atoms with Gasteiger partial charge in [0.2, 0.25) is 10.0 Å². The summed E-state index contributed by atoms with van der Waals surface area (Å²) in [6, 6.07) is 4.07. The first-order chi connectivity index (χ1) is 9.26. The van der Waals surface area contributed by atoms with Crippen molar-refractivity contribution in [3.8, 4) is 5.75 Å². The fourth-order valence-electron chi connectivity index (χ4n) is 1.96. The number of benzene rings is 1. The third kappa shape index (κ3) is 3.86. The second kappa shape index (κ2) is 5.32. The summed E-state index contributed by atoms with van der Waals surface area (Å²) in [5.41, 5.74) is 0.357. The monoisotopic (exact) mass is 298 g/mol. The van der Waals surface area contributed by atoms with E-state index in [-0.39, 0.29) is 22.9 Å². The zero-order valence-electron chi connectivity index (χ0n) is 11.5. The van der Waals surface area contributed by atoms with E-state index in [0.29, 0.717) is 12.5 Å². The molecule has 1 fully saturated rings. The van der Waals surface area contributed by atoms with Gasteiger partial charge in [0.15, 0.2) is 0 Å². The van der Waals surface area contributed by atoms with Gasteiger partial charge < -0.3 is 10.0 Å². The summed E-state index contributed by atoms with van der Waals surface area (Å²) in [4.78, 5) is 13.8. The zero-order chi connectivity index (χ0) is 14.9. The number of aromatic hydroxyl groups is 1. The summed E-state index contributed by atoms with van der Waals surface area (Å²) in [5, 5.41) is 9.78. The van der Waals surface area contributed by atoms with Crippen LogP contribution < -0.4 is 4.72 Å². The van der Waals surface area contributed by atoms with Crippen LogP contribution in [0.4, 0.5) is 5.69 Å². The van der Waals surface area contributed by atoms with Crippen LogP contribution in [0.15, 0.2) is 18.2 Å². The van der Waals surface area contributed by atoms with Crippen molar-refractivity contribution in [3.63, 3.8) is 0 Å². The summed E-state index contributed by atoms with van der Waals surface area (Å²) in [7, 11) is -1.74. The molecule has 0 saturated heterocycles. The molecular formula is C13H18N2O4S. The number of sulfonamides is 1. The topological polar surface area (TPSA) is 86.7 Å². The number of phenols is 1. The van der Waals surface area contributed by atoms with Crippen LogP contribution >= 0.6 is 0 Å². The number of hydrogen-bond donors (Lipinski definition) is 2. The highest BCUT2D eigenvalue weighted by Gasteiger charge is 2.26. The van der Waals surface area contributed by atoms with Crippen LogP contribution in [-0.4, -0.2) is 44.2 Å². The SMILES string of the molecule is CN(CC1CC1)C(=O)c1cc(NS(C)(=O)=O)ccc1O. The molecule has 0 atom stereocenters. The molecule has 0 unspecified atom stereocenters. The van der Waals surface area contributed by atoms with Gasteiger partial charge in [-0.3, -0.25) is 9.52 Å². The van der Waals surface area contributed by atoms with Crippen molar-refractivity contribution in [1.29, 1.82) is 0 Å². The fourth-order valence-corrected chi connectivity index (χ4v) is 2.52. The summed E-state index contributed by atoms with van der Waals surface area (Å²) in [6.45, 7) is 0.655. The molecule has 110 valence electrons. The number of rotatable bonds is 5. The van der Waals surface area contributed by atoms with E-state index >= 15 is 0 Å². The Hall–Kier alpha value is -1.76. The molecule has 0 radical (unpaired) electrons. The molecule has 1 aliphatic rings. The highest BCUT2D eigenvalue weighted by atomic mass is 32.2. The van der Waals surface area contributed by atoms with Gasteiger partial charge in [-0.25, -0.2) is 8.42 Å². The van der Waals surface area contributed by atoms with E-state index in [9.17, 15) is 18.3 Å². The van der Waals surface area contributed by atoms with Crippen LogP contribution in [0.25, 0.3) is 0 Å². The maximum absolute atomic E-state index is 12.2. The summed E-state index contributed by atoms with van der Waals surface area (Å²) >= 11 is 0. The van der Waals surface area contributed by atoms with Crippen molar-refractivity contribution in [3.05, 3.63) is 23.8 Å². The first kappa shape index (κ1) is 14.6. The lowest BCUT2D eigenvalue weighted by atomic mass is 10.1. The lowest BCUT2D eigenvalue weighted by Crippen LogP contribution is -2.28. The van der Waals surface area contributed by atoms with Crippen molar-refractivity contribution in [2.24, 2.45) is 5.92 Å². The number of carbonyl (C=O) groups excluding carboxylic acids is 1. The Morgan fingerprint density at radius 3 is 2.65 bits per heavy atom. The molecule has 7 heteroatoms. The Morgan fingerprint density at radius 2 is 2.10 bits per heavy atom. The van der Waals surface area contributed by atoms with Crippen LogP contribution in [-0.2, 0) is 10.0 Å². The largest absolute Gasteiger partial charge is 0.507 e. The molecule has 0 aromatic heterocycles. The van der Waals surface area contributed by atoms with Gasteiger partial charge in [0, 0.05) is 19.3 Å². The van der Waals surface area contributed by atoms with E-state index in [2.05, 4.69) is 4.72 Å². The van der Waals surface area contributed by atoms with E-state index in [0.717, 1.165) is 19.1 Å². The molecule has 1 aliphatic carbocycles. The van der Waals surface area contributed by atoms with Crippen molar-refractivity contribution in [2.75, 3.05) is 24.6 Å². The highest BCUT2D eigenvalue weighted by molar-refractivity contribution is 7.92. The van der Waals surface area contributed by atoms with Crippen molar-refractivity contribution in [2.45, 2.75) is 12.8 Å². The molecule has 0 aliphatic heterocycles. The minimum atomic E-state index is -3.42. The van der Waals surface area contributed by atoms with Gasteiger partial charge in [-0.2, -0.15) is 0 Å². The summed E-state index contributed by atoms with van der Waals surface area (Å²) in [6.07, 6.45) is 3.28. The van der Waals surface area contributed by atoms with Crippen LogP contribution in [0, 0.1) is 5.92 Å².